The molecule has 0 unspecified atom stereocenters. The predicted molar refractivity (Wildman–Crippen MR) is 112 cm³/mol. The Hall–Kier alpha value is -2.76. The first kappa shape index (κ1) is 20.6. The topological polar surface area (TPSA) is 61.8 Å². The minimum Gasteiger partial charge on any atom is -0.497 e. The number of anilines is 1. The maximum absolute atomic E-state index is 5.19. The summed E-state index contributed by atoms with van der Waals surface area (Å²) < 4.78 is 5.19. The van der Waals surface area contributed by atoms with Crippen LogP contribution in [0.5, 0.6) is 5.75 Å². The van der Waals surface area contributed by atoms with E-state index < -0.39 is 0 Å². The Kier molecular flexibility index (Phi) is 8.42. The van der Waals surface area contributed by atoms with Gasteiger partial charge >= 0.3 is 0 Å². The lowest BCUT2D eigenvalue weighted by Crippen LogP contribution is -2.36. The maximum Gasteiger partial charge on any atom is 0.191 e. The van der Waals surface area contributed by atoms with E-state index in [2.05, 4.69) is 58.4 Å². The molecular weight excluding hydrogens is 338 g/mol. The van der Waals surface area contributed by atoms with Crippen molar-refractivity contribution < 1.29 is 4.74 Å². The molecule has 2 N–H and O–H groups in total. The molecule has 0 bridgehead atoms. The molecule has 6 heteroatoms. The van der Waals surface area contributed by atoms with Gasteiger partial charge in [-0.3, -0.25) is 0 Å². The molecule has 2 rings (SSSR count). The standard InChI is InChI=1S/C21H31N5O/c1-5-22-21(24-14-17-8-11-19(27-4)12-9-17)25-16-18-10-13-20(23-15-18)26(6-2)7-3/h8-13,15H,5-7,14,16H2,1-4H3,(H2,22,24,25). The molecule has 0 saturated carbocycles. The van der Waals surface area contributed by atoms with Crippen molar-refractivity contribution in [1.82, 2.24) is 15.6 Å². The second kappa shape index (κ2) is 11.1. The summed E-state index contributed by atoms with van der Waals surface area (Å²) in [5, 5.41) is 6.64. The fourth-order valence-electron chi connectivity index (χ4n) is 2.69. The van der Waals surface area contributed by atoms with Crippen molar-refractivity contribution in [3.05, 3.63) is 53.7 Å². The Morgan fingerprint density at radius 2 is 1.70 bits per heavy atom. The second-order valence-electron chi connectivity index (χ2n) is 6.09. The number of nitrogens with zero attached hydrogens (tertiary/aromatic N) is 3. The Bertz CT molecular complexity index is 694. The van der Waals surface area contributed by atoms with E-state index in [9.17, 15) is 0 Å². The lowest BCUT2D eigenvalue weighted by molar-refractivity contribution is 0.414. The molecule has 146 valence electrons. The summed E-state index contributed by atoms with van der Waals surface area (Å²) >= 11 is 0. The zero-order valence-corrected chi connectivity index (χ0v) is 16.8. The highest BCUT2D eigenvalue weighted by Gasteiger charge is 2.03. The van der Waals surface area contributed by atoms with Crippen LogP contribution < -0.4 is 20.3 Å². The minimum absolute atomic E-state index is 0.587. The summed E-state index contributed by atoms with van der Waals surface area (Å²) in [6.45, 7) is 10.4. The molecular formula is C21H31N5O. The van der Waals surface area contributed by atoms with E-state index in [1.807, 2.05) is 30.5 Å². The average molecular weight is 370 g/mol. The number of rotatable bonds is 9. The number of ether oxygens (including phenoxy) is 1. The molecule has 0 spiro atoms. The number of guanidine groups is 1. The fourth-order valence-corrected chi connectivity index (χ4v) is 2.69. The van der Waals surface area contributed by atoms with Crippen LogP contribution in [0, 0.1) is 0 Å². The number of nitrogens with one attached hydrogen (secondary N) is 2. The summed E-state index contributed by atoms with van der Waals surface area (Å²) in [6.07, 6.45) is 1.91. The Morgan fingerprint density at radius 3 is 2.26 bits per heavy atom. The predicted octanol–water partition coefficient (Wildman–Crippen LogP) is 3.19. The van der Waals surface area contributed by atoms with E-state index in [-0.39, 0.29) is 0 Å². The van der Waals surface area contributed by atoms with E-state index in [0.717, 1.165) is 42.7 Å². The normalized spacial score (nSPS) is 11.2. The van der Waals surface area contributed by atoms with Gasteiger partial charge in [-0.2, -0.15) is 0 Å². The van der Waals surface area contributed by atoms with Gasteiger partial charge in [-0.05, 0) is 50.1 Å². The van der Waals surface area contributed by atoms with Crippen molar-refractivity contribution in [2.75, 3.05) is 31.6 Å². The van der Waals surface area contributed by atoms with Gasteiger partial charge in [0.15, 0.2) is 5.96 Å². The van der Waals surface area contributed by atoms with Crippen LogP contribution >= 0.6 is 0 Å². The third-order valence-electron chi connectivity index (χ3n) is 4.28. The average Bonchev–Trinajstić information content (AvgIpc) is 2.72. The van der Waals surface area contributed by atoms with Crippen molar-refractivity contribution in [1.29, 1.82) is 0 Å². The number of aromatic nitrogens is 1. The first-order valence-corrected chi connectivity index (χ1v) is 9.55. The fraction of sp³-hybridized carbons (Fsp3) is 0.429. The molecule has 0 aliphatic carbocycles. The smallest absolute Gasteiger partial charge is 0.191 e. The molecule has 1 aromatic carbocycles. The third-order valence-corrected chi connectivity index (χ3v) is 4.28. The van der Waals surface area contributed by atoms with Crippen molar-refractivity contribution in [2.24, 2.45) is 4.99 Å². The van der Waals surface area contributed by atoms with Gasteiger partial charge in [0.25, 0.3) is 0 Å². The van der Waals surface area contributed by atoms with E-state index in [0.29, 0.717) is 13.1 Å². The van der Waals surface area contributed by atoms with Gasteiger partial charge in [0.05, 0.1) is 13.7 Å². The van der Waals surface area contributed by atoms with Crippen molar-refractivity contribution in [2.45, 2.75) is 33.9 Å². The molecule has 0 fully saturated rings. The molecule has 1 heterocycles. The molecule has 0 aliphatic heterocycles. The van der Waals surface area contributed by atoms with E-state index >= 15 is 0 Å². The molecule has 0 aliphatic rings. The zero-order chi connectivity index (χ0) is 19.5. The number of pyridine rings is 1. The monoisotopic (exact) mass is 369 g/mol. The molecule has 2 aromatic rings. The first-order chi connectivity index (χ1) is 13.2. The first-order valence-electron chi connectivity index (χ1n) is 9.55. The summed E-state index contributed by atoms with van der Waals surface area (Å²) in [4.78, 5) is 11.5. The van der Waals surface area contributed by atoms with Crippen molar-refractivity contribution >= 4 is 11.8 Å². The van der Waals surface area contributed by atoms with Gasteiger partial charge in [0, 0.05) is 32.4 Å². The Balaban J connectivity index is 1.95. The van der Waals surface area contributed by atoms with E-state index in [1.54, 1.807) is 7.11 Å². The molecule has 0 saturated heterocycles. The lowest BCUT2D eigenvalue weighted by Gasteiger charge is -2.19. The van der Waals surface area contributed by atoms with Crippen LogP contribution in [0.1, 0.15) is 31.9 Å². The largest absolute Gasteiger partial charge is 0.497 e. The Labute approximate surface area is 162 Å². The van der Waals surface area contributed by atoms with Crippen LogP contribution in [0.3, 0.4) is 0 Å². The van der Waals surface area contributed by atoms with Gasteiger partial charge < -0.3 is 20.3 Å². The third kappa shape index (κ3) is 6.47. The zero-order valence-electron chi connectivity index (χ0n) is 16.8. The van der Waals surface area contributed by atoms with Gasteiger partial charge in [0.1, 0.15) is 11.6 Å². The van der Waals surface area contributed by atoms with Gasteiger partial charge in [-0.25, -0.2) is 9.98 Å². The van der Waals surface area contributed by atoms with Crippen LogP contribution in [0.15, 0.2) is 47.6 Å². The summed E-state index contributed by atoms with van der Waals surface area (Å²) in [5.74, 6) is 2.67. The quantitative estimate of drug-likeness (QED) is 0.525. The highest BCUT2D eigenvalue weighted by molar-refractivity contribution is 5.79. The summed E-state index contributed by atoms with van der Waals surface area (Å²) in [7, 11) is 1.67. The van der Waals surface area contributed by atoms with Crippen molar-refractivity contribution in [3.8, 4) is 5.75 Å². The summed E-state index contributed by atoms with van der Waals surface area (Å²) in [5.41, 5.74) is 2.26. The van der Waals surface area contributed by atoms with Gasteiger partial charge in [-0.15, -0.1) is 0 Å². The molecule has 0 atom stereocenters. The number of benzene rings is 1. The summed E-state index contributed by atoms with van der Waals surface area (Å²) in [6, 6.07) is 12.2. The van der Waals surface area contributed by atoms with E-state index in [1.165, 1.54) is 5.56 Å². The highest BCUT2D eigenvalue weighted by Crippen LogP contribution is 2.12. The minimum atomic E-state index is 0.587. The SMILES string of the molecule is CCNC(=NCc1ccc(N(CC)CC)nc1)NCc1ccc(OC)cc1. The van der Waals surface area contributed by atoms with Gasteiger partial charge in [0.2, 0.25) is 0 Å². The number of hydrogen-bond acceptors (Lipinski definition) is 4. The lowest BCUT2D eigenvalue weighted by atomic mass is 10.2. The highest BCUT2D eigenvalue weighted by atomic mass is 16.5. The number of methoxy groups -OCH3 is 1. The van der Waals surface area contributed by atoms with Crippen LogP contribution in [-0.2, 0) is 13.1 Å². The number of hydrogen-bond donors (Lipinski definition) is 2. The van der Waals surface area contributed by atoms with Crippen LogP contribution in [0.4, 0.5) is 5.82 Å². The number of aliphatic imine (C=N–C) groups is 1. The van der Waals surface area contributed by atoms with Crippen LogP contribution in [0.25, 0.3) is 0 Å². The van der Waals surface area contributed by atoms with Gasteiger partial charge in [-0.1, -0.05) is 18.2 Å². The molecule has 0 radical (unpaired) electrons. The Morgan fingerprint density at radius 1 is 1.00 bits per heavy atom. The molecule has 6 nitrogen and oxygen atoms in total. The molecule has 0 amide bonds. The molecule has 27 heavy (non-hydrogen) atoms. The van der Waals surface area contributed by atoms with Crippen LogP contribution in [-0.4, -0.2) is 37.7 Å². The van der Waals surface area contributed by atoms with Crippen LogP contribution in [0.2, 0.25) is 0 Å². The second-order valence-corrected chi connectivity index (χ2v) is 6.09. The maximum atomic E-state index is 5.19. The van der Waals surface area contributed by atoms with Crippen molar-refractivity contribution in [3.63, 3.8) is 0 Å². The van der Waals surface area contributed by atoms with E-state index in [4.69, 9.17) is 4.74 Å². The molecule has 1 aromatic heterocycles.